The molecule has 0 aromatic carbocycles. The summed E-state index contributed by atoms with van der Waals surface area (Å²) in [6.07, 6.45) is 2.20. The third-order valence-electron chi connectivity index (χ3n) is 2.76. The van der Waals surface area contributed by atoms with Crippen molar-refractivity contribution in [3.63, 3.8) is 0 Å². The Morgan fingerprint density at radius 3 is 2.83 bits per heavy atom. The van der Waals surface area contributed by atoms with Crippen LogP contribution in [0.2, 0.25) is 0 Å². The molecule has 0 radical (unpaired) electrons. The van der Waals surface area contributed by atoms with Gasteiger partial charge in [-0.15, -0.1) is 0 Å². The standard InChI is InChI=1S/C9H17NO2/c1-7(9(11)12)8-4-3-5-10(2)6-8/h7-8H,3-6H2,1-2H3,(H,11,12). The van der Waals surface area contributed by atoms with Gasteiger partial charge in [-0.1, -0.05) is 6.92 Å². The summed E-state index contributed by atoms with van der Waals surface area (Å²) in [4.78, 5) is 12.9. The van der Waals surface area contributed by atoms with Gasteiger partial charge in [0.2, 0.25) is 0 Å². The summed E-state index contributed by atoms with van der Waals surface area (Å²) in [7, 11) is 2.06. The summed E-state index contributed by atoms with van der Waals surface area (Å²) in [6.45, 7) is 3.86. The topological polar surface area (TPSA) is 40.5 Å². The SMILES string of the molecule is CC(C(=O)O)C1CCCN(C)C1. The predicted molar refractivity (Wildman–Crippen MR) is 47.0 cm³/mol. The monoisotopic (exact) mass is 171 g/mol. The van der Waals surface area contributed by atoms with E-state index in [1.807, 2.05) is 6.92 Å². The van der Waals surface area contributed by atoms with Crippen LogP contribution in [0.3, 0.4) is 0 Å². The number of piperidine rings is 1. The Bertz CT molecular complexity index is 170. The average molecular weight is 171 g/mol. The van der Waals surface area contributed by atoms with Crippen LogP contribution in [0.15, 0.2) is 0 Å². The third-order valence-corrected chi connectivity index (χ3v) is 2.76. The van der Waals surface area contributed by atoms with Crippen molar-refractivity contribution in [3.8, 4) is 0 Å². The van der Waals surface area contributed by atoms with Crippen LogP contribution in [-0.2, 0) is 4.79 Å². The van der Waals surface area contributed by atoms with Crippen molar-refractivity contribution < 1.29 is 9.90 Å². The van der Waals surface area contributed by atoms with Crippen LogP contribution in [0, 0.1) is 11.8 Å². The van der Waals surface area contributed by atoms with E-state index in [-0.39, 0.29) is 5.92 Å². The minimum absolute atomic E-state index is 0.187. The van der Waals surface area contributed by atoms with Crippen molar-refractivity contribution in [2.24, 2.45) is 11.8 Å². The Morgan fingerprint density at radius 2 is 2.33 bits per heavy atom. The van der Waals surface area contributed by atoms with Crippen molar-refractivity contribution in [3.05, 3.63) is 0 Å². The first-order chi connectivity index (χ1) is 5.61. The molecule has 0 bridgehead atoms. The van der Waals surface area contributed by atoms with Gasteiger partial charge in [0.05, 0.1) is 5.92 Å². The fraction of sp³-hybridized carbons (Fsp3) is 0.889. The smallest absolute Gasteiger partial charge is 0.306 e. The molecule has 3 heteroatoms. The van der Waals surface area contributed by atoms with E-state index in [2.05, 4.69) is 11.9 Å². The minimum Gasteiger partial charge on any atom is -0.481 e. The van der Waals surface area contributed by atoms with E-state index in [0.29, 0.717) is 5.92 Å². The van der Waals surface area contributed by atoms with E-state index >= 15 is 0 Å². The summed E-state index contributed by atoms with van der Waals surface area (Å²) >= 11 is 0. The van der Waals surface area contributed by atoms with Gasteiger partial charge in [-0.05, 0) is 32.4 Å². The van der Waals surface area contributed by atoms with Crippen LogP contribution in [0.1, 0.15) is 19.8 Å². The molecule has 0 spiro atoms. The zero-order chi connectivity index (χ0) is 9.14. The lowest BCUT2D eigenvalue weighted by atomic mass is 9.87. The molecular formula is C9H17NO2. The van der Waals surface area contributed by atoms with E-state index in [1.165, 1.54) is 0 Å². The number of carboxylic acid groups (broad SMARTS) is 1. The highest BCUT2D eigenvalue weighted by atomic mass is 16.4. The maximum atomic E-state index is 10.7. The number of carbonyl (C=O) groups is 1. The highest BCUT2D eigenvalue weighted by molar-refractivity contribution is 5.69. The van der Waals surface area contributed by atoms with Gasteiger partial charge in [-0.25, -0.2) is 0 Å². The molecule has 0 aliphatic carbocycles. The van der Waals surface area contributed by atoms with E-state index < -0.39 is 5.97 Å². The second-order valence-electron chi connectivity index (χ2n) is 3.79. The van der Waals surface area contributed by atoms with Crippen LogP contribution in [0.4, 0.5) is 0 Å². The fourth-order valence-corrected chi connectivity index (χ4v) is 1.82. The van der Waals surface area contributed by atoms with Crippen LogP contribution in [0.5, 0.6) is 0 Å². The Morgan fingerprint density at radius 1 is 1.67 bits per heavy atom. The number of nitrogens with zero attached hydrogens (tertiary/aromatic N) is 1. The molecule has 0 saturated carbocycles. The molecule has 1 rings (SSSR count). The van der Waals surface area contributed by atoms with Crippen molar-refractivity contribution in [1.29, 1.82) is 0 Å². The molecule has 0 aromatic rings. The molecule has 3 nitrogen and oxygen atoms in total. The Labute approximate surface area is 73.4 Å². The summed E-state index contributed by atoms with van der Waals surface area (Å²) in [6, 6.07) is 0. The van der Waals surface area contributed by atoms with Crippen LogP contribution >= 0.6 is 0 Å². The Hall–Kier alpha value is -0.570. The molecule has 1 N–H and O–H groups in total. The highest BCUT2D eigenvalue weighted by Crippen LogP contribution is 2.22. The number of rotatable bonds is 2. The Balaban J connectivity index is 2.45. The van der Waals surface area contributed by atoms with Crippen LogP contribution in [0.25, 0.3) is 0 Å². The van der Waals surface area contributed by atoms with Gasteiger partial charge in [-0.2, -0.15) is 0 Å². The molecule has 1 aliphatic heterocycles. The molecular weight excluding hydrogens is 154 g/mol. The van der Waals surface area contributed by atoms with Crippen LogP contribution in [-0.4, -0.2) is 36.1 Å². The zero-order valence-electron chi connectivity index (χ0n) is 7.79. The van der Waals surface area contributed by atoms with E-state index in [9.17, 15) is 4.79 Å². The maximum absolute atomic E-state index is 10.7. The number of hydrogen-bond acceptors (Lipinski definition) is 2. The summed E-state index contributed by atoms with van der Waals surface area (Å²) < 4.78 is 0. The van der Waals surface area contributed by atoms with Gasteiger partial charge in [-0.3, -0.25) is 4.79 Å². The van der Waals surface area contributed by atoms with Crippen molar-refractivity contribution in [1.82, 2.24) is 4.90 Å². The van der Waals surface area contributed by atoms with Gasteiger partial charge < -0.3 is 10.0 Å². The van der Waals surface area contributed by atoms with Gasteiger partial charge in [0.1, 0.15) is 0 Å². The average Bonchev–Trinajstić information content (AvgIpc) is 2.03. The van der Waals surface area contributed by atoms with Gasteiger partial charge >= 0.3 is 5.97 Å². The molecule has 1 fully saturated rings. The molecule has 70 valence electrons. The molecule has 0 amide bonds. The first-order valence-electron chi connectivity index (χ1n) is 4.52. The third kappa shape index (κ3) is 2.21. The quantitative estimate of drug-likeness (QED) is 0.675. The number of carboxylic acids is 1. The normalized spacial score (nSPS) is 28.3. The number of likely N-dealkylation sites (tertiary alicyclic amines) is 1. The summed E-state index contributed by atoms with van der Waals surface area (Å²) in [5.74, 6) is -0.496. The summed E-state index contributed by atoms with van der Waals surface area (Å²) in [5.41, 5.74) is 0. The molecule has 2 unspecified atom stereocenters. The molecule has 12 heavy (non-hydrogen) atoms. The molecule has 1 aliphatic rings. The number of aliphatic carboxylic acids is 1. The lowest BCUT2D eigenvalue weighted by Gasteiger charge is -2.31. The number of hydrogen-bond donors (Lipinski definition) is 1. The molecule has 0 aromatic heterocycles. The van der Waals surface area contributed by atoms with Crippen molar-refractivity contribution >= 4 is 5.97 Å². The van der Waals surface area contributed by atoms with Gasteiger partial charge in [0, 0.05) is 6.54 Å². The molecule has 2 atom stereocenters. The first kappa shape index (κ1) is 9.52. The van der Waals surface area contributed by atoms with E-state index in [0.717, 1.165) is 25.9 Å². The van der Waals surface area contributed by atoms with Crippen molar-refractivity contribution in [2.75, 3.05) is 20.1 Å². The first-order valence-corrected chi connectivity index (χ1v) is 4.52. The zero-order valence-corrected chi connectivity index (χ0v) is 7.79. The van der Waals surface area contributed by atoms with Crippen molar-refractivity contribution in [2.45, 2.75) is 19.8 Å². The fourth-order valence-electron chi connectivity index (χ4n) is 1.82. The predicted octanol–water partition coefficient (Wildman–Crippen LogP) is 1.05. The lowest BCUT2D eigenvalue weighted by molar-refractivity contribution is -0.143. The van der Waals surface area contributed by atoms with E-state index in [4.69, 9.17) is 5.11 Å². The second kappa shape index (κ2) is 3.90. The largest absolute Gasteiger partial charge is 0.481 e. The summed E-state index contributed by atoms with van der Waals surface area (Å²) in [5, 5.41) is 8.80. The maximum Gasteiger partial charge on any atom is 0.306 e. The molecule has 1 heterocycles. The Kier molecular flexibility index (Phi) is 3.09. The minimum atomic E-state index is -0.657. The van der Waals surface area contributed by atoms with Gasteiger partial charge in [0.15, 0.2) is 0 Å². The van der Waals surface area contributed by atoms with Gasteiger partial charge in [0.25, 0.3) is 0 Å². The lowest BCUT2D eigenvalue weighted by Crippen LogP contribution is -2.37. The van der Waals surface area contributed by atoms with E-state index in [1.54, 1.807) is 0 Å². The second-order valence-corrected chi connectivity index (χ2v) is 3.79. The highest BCUT2D eigenvalue weighted by Gasteiger charge is 2.26. The van der Waals surface area contributed by atoms with Crippen LogP contribution < -0.4 is 0 Å². The molecule has 1 saturated heterocycles.